The third-order valence-electron chi connectivity index (χ3n) is 4.81. The van der Waals surface area contributed by atoms with Gasteiger partial charge in [0.1, 0.15) is 29.9 Å². The number of β-lactam (4-membered cyclic amide) rings is 1. The van der Waals surface area contributed by atoms with Crippen LogP contribution in [-0.2, 0) is 19.2 Å². The molecule has 0 saturated carbocycles. The third kappa shape index (κ3) is 4.45. The highest BCUT2D eigenvalue weighted by molar-refractivity contribution is 8.00. The van der Waals surface area contributed by atoms with Gasteiger partial charge in [0.15, 0.2) is 10.8 Å². The van der Waals surface area contributed by atoms with E-state index in [9.17, 15) is 19.5 Å². The molecule has 33 heavy (non-hydrogen) atoms. The molecule has 4 rings (SSSR count). The lowest BCUT2D eigenvalue weighted by atomic mass is 10.0. The van der Waals surface area contributed by atoms with Crippen LogP contribution in [0.3, 0.4) is 0 Å². The molecule has 2 aliphatic rings. The molecular weight excluding hydrogens is 468 g/mol. The van der Waals surface area contributed by atoms with E-state index in [4.69, 9.17) is 10.6 Å². The lowest BCUT2D eigenvalue weighted by Gasteiger charge is -2.49. The van der Waals surface area contributed by atoms with Gasteiger partial charge >= 0.3 is 5.97 Å². The average Bonchev–Trinajstić information content (AvgIpc) is 3.25. The molecule has 4 N–H and O–H groups in total. The fourth-order valence-corrected chi connectivity index (χ4v) is 5.21. The minimum atomic E-state index is -1.22. The average molecular weight is 487 g/mol. The number of aromatic nitrogens is 2. The minimum absolute atomic E-state index is 0.104. The molecule has 0 radical (unpaired) electrons. The number of hydrogen-bond donors (Lipinski definition) is 3. The Hall–Kier alpha value is -3.71. The van der Waals surface area contributed by atoms with Gasteiger partial charge in [-0.15, -0.1) is 23.1 Å². The lowest BCUT2D eigenvalue weighted by molar-refractivity contribution is -0.150. The number of allylic oxidation sites excluding steroid dienone is 1. The SMILES string of the molecule is CON=C(C(=O)N[C@@H]1C(=O)N2C(C(=O)O)=C(/C=C\c3cccnc3)CS[C@@H]12)c1csc(N)n1. The number of pyridine rings is 1. The quantitative estimate of drug-likeness (QED) is 0.294. The third-order valence-corrected chi connectivity index (χ3v) is 6.79. The summed E-state index contributed by atoms with van der Waals surface area (Å²) in [6.07, 6.45) is 6.69. The molecule has 1 fully saturated rings. The zero-order valence-electron chi connectivity index (χ0n) is 17.2. The fraction of sp³-hybridized carbons (Fsp3) is 0.200. The van der Waals surface area contributed by atoms with Gasteiger partial charge in [-0.25, -0.2) is 9.78 Å². The summed E-state index contributed by atoms with van der Waals surface area (Å²) in [5, 5.41) is 17.3. The monoisotopic (exact) mass is 486 g/mol. The highest BCUT2D eigenvalue weighted by atomic mass is 32.2. The van der Waals surface area contributed by atoms with Crippen molar-refractivity contribution in [2.24, 2.45) is 5.16 Å². The first-order valence-corrected chi connectivity index (χ1v) is 11.5. The Morgan fingerprint density at radius 3 is 2.88 bits per heavy atom. The number of carboxylic acid groups (broad SMARTS) is 1. The second-order valence-electron chi connectivity index (χ2n) is 6.85. The number of rotatable bonds is 7. The van der Waals surface area contributed by atoms with Gasteiger partial charge in [-0.05, 0) is 17.2 Å². The Morgan fingerprint density at radius 2 is 2.24 bits per heavy atom. The molecule has 4 heterocycles. The van der Waals surface area contributed by atoms with E-state index in [1.54, 1.807) is 36.0 Å². The topological polar surface area (TPSA) is 160 Å². The van der Waals surface area contributed by atoms with Crippen LogP contribution in [0.15, 0.2) is 52.4 Å². The molecule has 11 nitrogen and oxygen atoms in total. The molecule has 0 aliphatic carbocycles. The zero-order chi connectivity index (χ0) is 23.5. The van der Waals surface area contributed by atoms with Crippen molar-refractivity contribution in [2.75, 3.05) is 18.6 Å². The number of hydrogen-bond acceptors (Lipinski definition) is 10. The van der Waals surface area contributed by atoms with E-state index in [0.717, 1.165) is 16.9 Å². The molecule has 0 spiro atoms. The summed E-state index contributed by atoms with van der Waals surface area (Å²) in [7, 11) is 1.28. The van der Waals surface area contributed by atoms with Crippen molar-refractivity contribution in [1.82, 2.24) is 20.2 Å². The first-order valence-electron chi connectivity index (χ1n) is 9.53. The van der Waals surface area contributed by atoms with Crippen molar-refractivity contribution in [2.45, 2.75) is 11.4 Å². The van der Waals surface area contributed by atoms with Gasteiger partial charge in [0.25, 0.3) is 11.8 Å². The highest BCUT2D eigenvalue weighted by Crippen LogP contribution is 2.40. The van der Waals surface area contributed by atoms with Crippen molar-refractivity contribution in [1.29, 1.82) is 0 Å². The fourth-order valence-electron chi connectivity index (χ4n) is 3.34. The molecule has 170 valence electrons. The Kier molecular flexibility index (Phi) is 6.42. The number of carbonyl (C=O) groups is 3. The van der Waals surface area contributed by atoms with E-state index in [0.29, 0.717) is 11.3 Å². The minimum Gasteiger partial charge on any atom is -0.477 e. The normalized spacial score (nSPS) is 20.5. The van der Waals surface area contributed by atoms with Crippen LogP contribution in [0, 0.1) is 0 Å². The van der Waals surface area contributed by atoms with Gasteiger partial charge in [-0.2, -0.15) is 0 Å². The number of thiazole rings is 1. The molecule has 0 bridgehead atoms. The van der Waals surface area contributed by atoms with Gasteiger partial charge in [-0.3, -0.25) is 19.5 Å². The maximum Gasteiger partial charge on any atom is 0.352 e. The highest BCUT2D eigenvalue weighted by Gasteiger charge is 2.54. The Balaban J connectivity index is 1.53. The molecule has 2 aromatic rings. The van der Waals surface area contributed by atoms with Crippen LogP contribution >= 0.6 is 23.1 Å². The molecule has 2 atom stereocenters. The van der Waals surface area contributed by atoms with Gasteiger partial charge < -0.3 is 21.0 Å². The molecule has 1 saturated heterocycles. The summed E-state index contributed by atoms with van der Waals surface area (Å²) >= 11 is 2.48. The van der Waals surface area contributed by atoms with E-state index < -0.39 is 29.2 Å². The zero-order valence-corrected chi connectivity index (χ0v) is 18.8. The summed E-state index contributed by atoms with van der Waals surface area (Å²) in [6.45, 7) is 0. The Labute approximate surface area is 196 Å². The predicted octanol–water partition coefficient (Wildman–Crippen LogP) is 0.923. The number of nitrogens with one attached hydrogen (secondary N) is 1. The second-order valence-corrected chi connectivity index (χ2v) is 8.85. The van der Waals surface area contributed by atoms with Crippen LogP contribution < -0.4 is 11.1 Å². The number of carbonyl (C=O) groups excluding carboxylic acids is 2. The number of thioether (sulfide) groups is 1. The number of carboxylic acids is 1. The first-order chi connectivity index (χ1) is 15.9. The van der Waals surface area contributed by atoms with Crippen LogP contribution in [0.4, 0.5) is 5.13 Å². The number of anilines is 1. The summed E-state index contributed by atoms with van der Waals surface area (Å²) in [5.41, 5.74) is 6.89. The number of oxime groups is 1. The summed E-state index contributed by atoms with van der Waals surface area (Å²) in [6, 6.07) is 2.68. The number of amides is 2. The first kappa shape index (κ1) is 22.5. The molecule has 2 amide bonds. The van der Waals surface area contributed by atoms with Crippen molar-refractivity contribution in [3.05, 3.63) is 58.5 Å². The maximum atomic E-state index is 12.8. The Bertz CT molecular complexity index is 1190. The van der Waals surface area contributed by atoms with E-state index in [1.165, 1.54) is 23.8 Å². The van der Waals surface area contributed by atoms with Gasteiger partial charge in [-0.1, -0.05) is 23.4 Å². The van der Waals surface area contributed by atoms with Crippen LogP contribution in [0.2, 0.25) is 0 Å². The number of fused-ring (bicyclic) bond motifs is 1. The molecular formula is C20H18N6O5S2. The maximum absolute atomic E-state index is 12.8. The van der Waals surface area contributed by atoms with Crippen LogP contribution in [0.1, 0.15) is 11.3 Å². The van der Waals surface area contributed by atoms with Gasteiger partial charge in [0.2, 0.25) is 0 Å². The van der Waals surface area contributed by atoms with E-state index in [-0.39, 0.29) is 22.2 Å². The van der Waals surface area contributed by atoms with E-state index >= 15 is 0 Å². The molecule has 0 unspecified atom stereocenters. The smallest absolute Gasteiger partial charge is 0.352 e. The number of nitrogens with two attached hydrogens (primary N) is 1. The number of nitrogens with zero attached hydrogens (tertiary/aromatic N) is 4. The lowest BCUT2D eigenvalue weighted by Crippen LogP contribution is -2.71. The van der Waals surface area contributed by atoms with Crippen molar-refractivity contribution >= 4 is 57.8 Å². The summed E-state index contributed by atoms with van der Waals surface area (Å²) in [5.74, 6) is -2.08. The predicted molar refractivity (Wildman–Crippen MR) is 123 cm³/mol. The van der Waals surface area contributed by atoms with Crippen molar-refractivity contribution in [3.8, 4) is 0 Å². The molecule has 2 aliphatic heterocycles. The molecule has 0 aromatic carbocycles. The molecule has 13 heteroatoms. The summed E-state index contributed by atoms with van der Waals surface area (Å²) < 4.78 is 0. The standard InChI is InChI=1S/C20H18N6O5S2/c1-31-25-13(12-9-33-20(21)23-12)16(27)24-14-17(28)26-15(19(29)30)11(8-32-18(14)26)5-4-10-3-2-6-22-7-10/h2-7,9,14,18H,8H2,1H3,(H2,21,23)(H,24,27)(H,29,30)/b5-4-,25-13?/t14-,18+/m1/s1. The van der Waals surface area contributed by atoms with Crippen molar-refractivity contribution in [3.63, 3.8) is 0 Å². The largest absolute Gasteiger partial charge is 0.477 e. The van der Waals surface area contributed by atoms with E-state index in [1.807, 2.05) is 6.07 Å². The van der Waals surface area contributed by atoms with Crippen LogP contribution in [0.5, 0.6) is 0 Å². The van der Waals surface area contributed by atoms with Gasteiger partial charge in [0.05, 0.1) is 0 Å². The van der Waals surface area contributed by atoms with Crippen molar-refractivity contribution < 1.29 is 24.3 Å². The number of nitrogen functional groups attached to an aromatic ring is 1. The molecule has 2 aromatic heterocycles. The summed E-state index contributed by atoms with van der Waals surface area (Å²) in [4.78, 5) is 51.6. The Morgan fingerprint density at radius 1 is 1.42 bits per heavy atom. The van der Waals surface area contributed by atoms with Crippen LogP contribution in [-0.4, -0.2) is 67.7 Å². The van der Waals surface area contributed by atoms with E-state index in [2.05, 4.69) is 20.4 Å². The van der Waals surface area contributed by atoms with Crippen LogP contribution in [0.25, 0.3) is 6.08 Å². The van der Waals surface area contributed by atoms with Gasteiger partial charge in [0, 0.05) is 23.5 Å². The second kappa shape index (κ2) is 9.42. The number of aliphatic carboxylic acids is 1.